The highest BCUT2D eigenvalue weighted by Crippen LogP contribution is 2.24. The Morgan fingerprint density at radius 2 is 2.05 bits per heavy atom. The second-order valence-corrected chi connectivity index (χ2v) is 6.47. The van der Waals surface area contributed by atoms with E-state index < -0.39 is 10.2 Å². The minimum atomic E-state index is -3.53. The normalized spacial score (nSPS) is 16.2. The van der Waals surface area contributed by atoms with Crippen LogP contribution in [0.3, 0.4) is 0 Å². The lowest BCUT2D eigenvalue weighted by atomic mass is 10.2. The van der Waals surface area contributed by atoms with Crippen LogP contribution >= 0.6 is 0 Å². The van der Waals surface area contributed by atoms with Crippen LogP contribution < -0.4 is 9.62 Å². The lowest BCUT2D eigenvalue weighted by Gasteiger charge is -2.18. The molecular formula is C12H17N3O3S. The van der Waals surface area contributed by atoms with Crippen molar-refractivity contribution in [3.8, 4) is 0 Å². The van der Waals surface area contributed by atoms with Gasteiger partial charge in [-0.2, -0.15) is 12.7 Å². The zero-order valence-electron chi connectivity index (χ0n) is 11.0. The molecular weight excluding hydrogens is 266 g/mol. The molecule has 1 aliphatic heterocycles. The number of rotatable bonds is 4. The van der Waals surface area contributed by atoms with E-state index in [1.54, 1.807) is 29.2 Å². The summed E-state index contributed by atoms with van der Waals surface area (Å²) >= 11 is 0. The van der Waals surface area contributed by atoms with Crippen LogP contribution in [0.15, 0.2) is 24.3 Å². The van der Waals surface area contributed by atoms with Crippen LogP contribution in [-0.2, 0) is 15.0 Å². The molecule has 104 valence electrons. The fourth-order valence-corrected chi connectivity index (χ4v) is 2.51. The molecule has 19 heavy (non-hydrogen) atoms. The van der Waals surface area contributed by atoms with E-state index >= 15 is 0 Å². The Morgan fingerprint density at radius 1 is 1.32 bits per heavy atom. The van der Waals surface area contributed by atoms with E-state index in [0.29, 0.717) is 18.7 Å². The van der Waals surface area contributed by atoms with Crippen LogP contribution in [0.5, 0.6) is 0 Å². The zero-order chi connectivity index (χ0) is 14.0. The standard InChI is InChI=1S/C12H17N3O3S/c1-14(2)19(17,18)13-10-5-3-6-11(9-10)15-8-4-7-12(15)16/h3,5-6,9,13H,4,7-8H2,1-2H3. The molecule has 0 radical (unpaired) electrons. The first-order valence-electron chi connectivity index (χ1n) is 6.01. The van der Waals surface area contributed by atoms with Crippen molar-refractivity contribution in [2.45, 2.75) is 12.8 Å². The van der Waals surface area contributed by atoms with Gasteiger partial charge < -0.3 is 4.90 Å². The molecule has 1 aromatic rings. The summed E-state index contributed by atoms with van der Waals surface area (Å²) in [6.07, 6.45) is 1.39. The van der Waals surface area contributed by atoms with E-state index in [2.05, 4.69) is 4.72 Å². The van der Waals surface area contributed by atoms with Gasteiger partial charge in [0.05, 0.1) is 5.69 Å². The molecule has 1 heterocycles. The molecule has 1 N–H and O–H groups in total. The molecule has 0 aliphatic carbocycles. The fraction of sp³-hybridized carbons (Fsp3) is 0.417. The summed E-state index contributed by atoms with van der Waals surface area (Å²) in [5, 5.41) is 0. The number of carbonyl (C=O) groups excluding carboxylic acids is 1. The molecule has 1 amide bonds. The van der Waals surface area contributed by atoms with Crippen LogP contribution in [0.25, 0.3) is 0 Å². The van der Waals surface area contributed by atoms with Gasteiger partial charge in [-0.3, -0.25) is 9.52 Å². The van der Waals surface area contributed by atoms with Crippen molar-refractivity contribution in [2.75, 3.05) is 30.3 Å². The van der Waals surface area contributed by atoms with Crippen molar-refractivity contribution < 1.29 is 13.2 Å². The molecule has 0 bridgehead atoms. The third kappa shape index (κ3) is 3.05. The van der Waals surface area contributed by atoms with E-state index in [9.17, 15) is 13.2 Å². The van der Waals surface area contributed by atoms with Crippen molar-refractivity contribution >= 4 is 27.5 Å². The summed E-state index contributed by atoms with van der Waals surface area (Å²) in [5.41, 5.74) is 1.17. The smallest absolute Gasteiger partial charge is 0.301 e. The minimum absolute atomic E-state index is 0.0765. The number of nitrogens with one attached hydrogen (secondary N) is 1. The molecule has 0 aromatic heterocycles. The lowest BCUT2D eigenvalue weighted by molar-refractivity contribution is -0.117. The number of anilines is 2. The van der Waals surface area contributed by atoms with Gasteiger partial charge in [-0.05, 0) is 24.6 Å². The number of hydrogen-bond acceptors (Lipinski definition) is 3. The Balaban J connectivity index is 2.23. The van der Waals surface area contributed by atoms with Crippen LogP contribution in [0.4, 0.5) is 11.4 Å². The highest BCUT2D eigenvalue weighted by molar-refractivity contribution is 7.90. The maximum Gasteiger partial charge on any atom is 0.301 e. The van der Waals surface area contributed by atoms with Gasteiger partial charge in [-0.25, -0.2) is 0 Å². The SMILES string of the molecule is CN(C)S(=O)(=O)Nc1cccc(N2CCCC2=O)c1. The highest BCUT2D eigenvalue weighted by Gasteiger charge is 2.22. The first-order valence-corrected chi connectivity index (χ1v) is 7.45. The fourth-order valence-electron chi connectivity index (χ4n) is 1.90. The van der Waals surface area contributed by atoms with E-state index in [-0.39, 0.29) is 5.91 Å². The van der Waals surface area contributed by atoms with E-state index in [0.717, 1.165) is 16.4 Å². The summed E-state index contributed by atoms with van der Waals surface area (Å²) in [4.78, 5) is 13.3. The van der Waals surface area contributed by atoms with Crippen molar-refractivity contribution in [2.24, 2.45) is 0 Å². The second-order valence-electron chi connectivity index (χ2n) is 4.59. The van der Waals surface area contributed by atoms with Gasteiger partial charge in [-0.15, -0.1) is 0 Å². The summed E-state index contributed by atoms with van der Waals surface area (Å²) in [7, 11) is -0.616. The topological polar surface area (TPSA) is 69.7 Å². The summed E-state index contributed by atoms with van der Waals surface area (Å²) in [6, 6.07) is 6.86. The molecule has 1 saturated heterocycles. The van der Waals surface area contributed by atoms with Crippen molar-refractivity contribution in [1.29, 1.82) is 0 Å². The monoisotopic (exact) mass is 283 g/mol. The molecule has 0 saturated carbocycles. The molecule has 7 heteroatoms. The number of amides is 1. The first kappa shape index (κ1) is 13.8. The number of carbonyl (C=O) groups is 1. The van der Waals surface area contributed by atoms with Crippen molar-refractivity contribution in [1.82, 2.24) is 4.31 Å². The van der Waals surface area contributed by atoms with Crippen molar-refractivity contribution in [3.05, 3.63) is 24.3 Å². The van der Waals surface area contributed by atoms with Gasteiger partial charge in [0.2, 0.25) is 5.91 Å². The lowest BCUT2D eigenvalue weighted by Crippen LogP contribution is -2.29. The number of hydrogen-bond donors (Lipinski definition) is 1. The molecule has 0 spiro atoms. The molecule has 1 fully saturated rings. The van der Waals surface area contributed by atoms with Crippen LogP contribution in [-0.4, -0.2) is 39.3 Å². The number of benzene rings is 1. The largest absolute Gasteiger partial charge is 0.312 e. The third-order valence-corrected chi connectivity index (χ3v) is 4.41. The molecule has 2 rings (SSSR count). The molecule has 1 aliphatic rings. The van der Waals surface area contributed by atoms with Crippen LogP contribution in [0.1, 0.15) is 12.8 Å². The molecule has 1 aromatic carbocycles. The van der Waals surface area contributed by atoms with Crippen LogP contribution in [0.2, 0.25) is 0 Å². The summed E-state index contributed by atoms with van der Waals surface area (Å²) in [6.45, 7) is 0.683. The Bertz CT molecular complexity index is 584. The second kappa shape index (κ2) is 5.18. The summed E-state index contributed by atoms with van der Waals surface area (Å²) in [5.74, 6) is 0.0765. The van der Waals surface area contributed by atoms with Gasteiger partial charge in [0.1, 0.15) is 0 Å². The molecule has 0 atom stereocenters. The van der Waals surface area contributed by atoms with E-state index in [1.165, 1.54) is 14.1 Å². The highest BCUT2D eigenvalue weighted by atomic mass is 32.2. The quantitative estimate of drug-likeness (QED) is 0.897. The minimum Gasteiger partial charge on any atom is -0.312 e. The predicted molar refractivity (Wildman–Crippen MR) is 74.3 cm³/mol. The zero-order valence-corrected chi connectivity index (χ0v) is 11.8. The third-order valence-electron chi connectivity index (χ3n) is 2.96. The Hall–Kier alpha value is -1.60. The van der Waals surface area contributed by atoms with Gasteiger partial charge in [0, 0.05) is 32.7 Å². The van der Waals surface area contributed by atoms with E-state index in [1.807, 2.05) is 0 Å². The maximum absolute atomic E-state index is 11.7. The van der Waals surface area contributed by atoms with E-state index in [4.69, 9.17) is 0 Å². The Morgan fingerprint density at radius 3 is 2.63 bits per heavy atom. The van der Waals surface area contributed by atoms with Crippen molar-refractivity contribution in [3.63, 3.8) is 0 Å². The van der Waals surface area contributed by atoms with Crippen LogP contribution in [0, 0.1) is 0 Å². The van der Waals surface area contributed by atoms with Gasteiger partial charge in [-0.1, -0.05) is 6.07 Å². The Kier molecular flexibility index (Phi) is 3.77. The van der Waals surface area contributed by atoms with Gasteiger partial charge in [0.15, 0.2) is 0 Å². The predicted octanol–water partition coefficient (Wildman–Crippen LogP) is 1.03. The first-order chi connectivity index (χ1) is 8.90. The average Bonchev–Trinajstić information content (AvgIpc) is 2.75. The molecule has 0 unspecified atom stereocenters. The van der Waals surface area contributed by atoms with Gasteiger partial charge >= 0.3 is 10.2 Å². The summed E-state index contributed by atoms with van der Waals surface area (Å²) < 4.78 is 27.0. The average molecular weight is 283 g/mol. The van der Waals surface area contributed by atoms with Gasteiger partial charge in [0.25, 0.3) is 0 Å². The molecule has 6 nitrogen and oxygen atoms in total. The maximum atomic E-state index is 11.7. The Labute approximate surface area is 113 Å². The number of nitrogens with zero attached hydrogens (tertiary/aromatic N) is 2.